The molecule has 0 saturated carbocycles. The van der Waals surface area contributed by atoms with E-state index in [2.05, 4.69) is 32.0 Å². The molecule has 2 N–H and O–H groups in total. The molecule has 0 spiro atoms. The van der Waals surface area contributed by atoms with Crippen molar-refractivity contribution in [2.75, 3.05) is 0 Å². The maximum atomic E-state index is 5.64. The molecule has 0 radical (unpaired) electrons. The summed E-state index contributed by atoms with van der Waals surface area (Å²) in [5, 5.41) is 2.25. The summed E-state index contributed by atoms with van der Waals surface area (Å²) in [6.07, 6.45) is 3.33. The van der Waals surface area contributed by atoms with E-state index in [4.69, 9.17) is 10.5 Å². The number of rotatable bonds is 3. The molecule has 100 valence electrons. The largest absolute Gasteiger partial charge is 0.424 e. The Morgan fingerprint density at radius 2 is 1.70 bits per heavy atom. The second kappa shape index (κ2) is 5.56. The van der Waals surface area contributed by atoms with E-state index < -0.39 is 0 Å². The summed E-state index contributed by atoms with van der Waals surface area (Å²) in [7, 11) is 0. The lowest BCUT2D eigenvalue weighted by Gasteiger charge is -2.06. The predicted octanol–water partition coefficient (Wildman–Crippen LogP) is 3.64. The summed E-state index contributed by atoms with van der Waals surface area (Å²) in [6.45, 7) is 0.422. The molecule has 0 saturated heterocycles. The van der Waals surface area contributed by atoms with Gasteiger partial charge in [-0.1, -0.05) is 28.1 Å². The van der Waals surface area contributed by atoms with Gasteiger partial charge >= 0.3 is 6.01 Å². The molecular weight excluding hydrogens is 318 g/mol. The van der Waals surface area contributed by atoms with Crippen LogP contribution in [0.2, 0.25) is 0 Å². The fraction of sp³-hybridized carbons (Fsp3) is 0.0667. The van der Waals surface area contributed by atoms with Crippen LogP contribution in [0, 0.1) is 0 Å². The van der Waals surface area contributed by atoms with Crippen LogP contribution < -0.4 is 10.5 Å². The van der Waals surface area contributed by atoms with Crippen LogP contribution in [0.1, 0.15) is 5.56 Å². The average Bonchev–Trinajstić information content (AvgIpc) is 2.48. The van der Waals surface area contributed by atoms with Crippen LogP contribution >= 0.6 is 15.9 Å². The Hall–Kier alpha value is -1.98. The average molecular weight is 330 g/mol. The van der Waals surface area contributed by atoms with Gasteiger partial charge < -0.3 is 10.5 Å². The van der Waals surface area contributed by atoms with Gasteiger partial charge in [-0.3, -0.25) is 0 Å². The van der Waals surface area contributed by atoms with E-state index in [1.165, 1.54) is 0 Å². The molecule has 1 aromatic heterocycles. The molecule has 0 aliphatic carbocycles. The second-order valence-electron chi connectivity index (χ2n) is 4.33. The van der Waals surface area contributed by atoms with Gasteiger partial charge in [0.2, 0.25) is 0 Å². The molecule has 0 aliphatic heterocycles. The van der Waals surface area contributed by atoms with Gasteiger partial charge in [0.1, 0.15) is 5.75 Å². The molecule has 3 aromatic rings. The number of aromatic nitrogens is 2. The first-order valence-electron chi connectivity index (χ1n) is 6.13. The quantitative estimate of drug-likeness (QED) is 0.796. The molecular formula is C15H12BrN3O. The van der Waals surface area contributed by atoms with Gasteiger partial charge in [-0.15, -0.1) is 0 Å². The van der Waals surface area contributed by atoms with Gasteiger partial charge in [0, 0.05) is 29.0 Å². The Morgan fingerprint density at radius 3 is 2.45 bits per heavy atom. The van der Waals surface area contributed by atoms with Crippen molar-refractivity contribution in [2.45, 2.75) is 6.54 Å². The van der Waals surface area contributed by atoms with Crippen LogP contribution in [-0.4, -0.2) is 9.97 Å². The Balaban J connectivity index is 1.88. The van der Waals surface area contributed by atoms with E-state index in [1.54, 1.807) is 12.4 Å². The van der Waals surface area contributed by atoms with Crippen LogP contribution in [0.4, 0.5) is 0 Å². The number of nitrogens with zero attached hydrogens (tertiary/aromatic N) is 2. The molecule has 20 heavy (non-hydrogen) atoms. The minimum atomic E-state index is 0.318. The number of hydrogen-bond acceptors (Lipinski definition) is 4. The molecule has 4 nitrogen and oxygen atoms in total. The Labute approximate surface area is 124 Å². The van der Waals surface area contributed by atoms with Gasteiger partial charge in [-0.05, 0) is 35.0 Å². The molecule has 0 fully saturated rings. The first kappa shape index (κ1) is 13.0. The van der Waals surface area contributed by atoms with E-state index >= 15 is 0 Å². The minimum Gasteiger partial charge on any atom is -0.424 e. The molecule has 0 aliphatic rings. The van der Waals surface area contributed by atoms with E-state index in [9.17, 15) is 0 Å². The highest BCUT2D eigenvalue weighted by Gasteiger charge is 2.02. The van der Waals surface area contributed by atoms with E-state index in [-0.39, 0.29) is 0 Å². The Bertz CT molecular complexity index is 744. The number of nitrogens with two attached hydrogens (primary N) is 1. The normalized spacial score (nSPS) is 10.7. The van der Waals surface area contributed by atoms with Crippen LogP contribution in [0.3, 0.4) is 0 Å². The summed E-state index contributed by atoms with van der Waals surface area (Å²) in [5.74, 6) is 0.709. The summed E-state index contributed by atoms with van der Waals surface area (Å²) in [6, 6.07) is 12.3. The lowest BCUT2D eigenvalue weighted by molar-refractivity contribution is 0.441. The van der Waals surface area contributed by atoms with Crippen molar-refractivity contribution in [3.05, 3.63) is 58.8 Å². The van der Waals surface area contributed by atoms with Gasteiger partial charge in [0.15, 0.2) is 0 Å². The lowest BCUT2D eigenvalue weighted by Crippen LogP contribution is -1.99. The van der Waals surface area contributed by atoms with E-state index in [0.717, 1.165) is 20.8 Å². The molecule has 5 heteroatoms. The molecule has 0 atom stereocenters. The third-order valence-electron chi connectivity index (χ3n) is 2.90. The van der Waals surface area contributed by atoms with Gasteiger partial charge in [0.05, 0.1) is 0 Å². The number of halogens is 1. The van der Waals surface area contributed by atoms with Crippen molar-refractivity contribution in [3.63, 3.8) is 0 Å². The monoisotopic (exact) mass is 329 g/mol. The van der Waals surface area contributed by atoms with Gasteiger partial charge in [-0.25, -0.2) is 9.97 Å². The van der Waals surface area contributed by atoms with Crippen LogP contribution in [0.25, 0.3) is 10.8 Å². The predicted molar refractivity (Wildman–Crippen MR) is 81.6 cm³/mol. The standard InChI is InChI=1S/C15H12BrN3O/c16-13-3-1-12-6-14(4-2-11(12)5-13)20-15-18-8-10(7-17)9-19-15/h1-6,8-9H,7,17H2. The summed E-state index contributed by atoms with van der Waals surface area (Å²) >= 11 is 3.46. The fourth-order valence-corrected chi connectivity index (χ4v) is 2.24. The summed E-state index contributed by atoms with van der Waals surface area (Å²) < 4.78 is 6.70. The zero-order valence-electron chi connectivity index (χ0n) is 10.6. The highest BCUT2D eigenvalue weighted by molar-refractivity contribution is 9.10. The molecule has 2 aromatic carbocycles. The highest BCUT2D eigenvalue weighted by Crippen LogP contribution is 2.26. The Morgan fingerprint density at radius 1 is 1.00 bits per heavy atom. The SMILES string of the molecule is NCc1cnc(Oc2ccc3cc(Br)ccc3c2)nc1. The van der Waals surface area contributed by atoms with Gasteiger partial charge in [-0.2, -0.15) is 0 Å². The number of ether oxygens (including phenoxy) is 1. The van der Waals surface area contributed by atoms with Crippen LogP contribution in [0.5, 0.6) is 11.8 Å². The minimum absolute atomic E-state index is 0.318. The number of fused-ring (bicyclic) bond motifs is 1. The van der Waals surface area contributed by atoms with Crippen molar-refractivity contribution < 1.29 is 4.74 Å². The maximum Gasteiger partial charge on any atom is 0.321 e. The first-order valence-corrected chi connectivity index (χ1v) is 6.92. The van der Waals surface area contributed by atoms with Crippen molar-refractivity contribution in [3.8, 4) is 11.8 Å². The second-order valence-corrected chi connectivity index (χ2v) is 5.25. The van der Waals surface area contributed by atoms with Crippen molar-refractivity contribution in [2.24, 2.45) is 5.73 Å². The van der Waals surface area contributed by atoms with E-state index in [1.807, 2.05) is 30.3 Å². The summed E-state index contributed by atoms with van der Waals surface area (Å²) in [4.78, 5) is 8.24. The molecule has 0 amide bonds. The number of benzene rings is 2. The molecule has 0 unspecified atom stereocenters. The van der Waals surface area contributed by atoms with Crippen molar-refractivity contribution >= 4 is 26.7 Å². The third kappa shape index (κ3) is 2.79. The molecule has 0 bridgehead atoms. The van der Waals surface area contributed by atoms with E-state index in [0.29, 0.717) is 18.3 Å². The van der Waals surface area contributed by atoms with Crippen molar-refractivity contribution in [1.82, 2.24) is 9.97 Å². The van der Waals surface area contributed by atoms with Gasteiger partial charge in [0.25, 0.3) is 0 Å². The van der Waals surface area contributed by atoms with Crippen molar-refractivity contribution in [1.29, 1.82) is 0 Å². The topological polar surface area (TPSA) is 61.0 Å². The van der Waals surface area contributed by atoms with Crippen LogP contribution in [0.15, 0.2) is 53.3 Å². The first-order chi connectivity index (χ1) is 9.74. The summed E-state index contributed by atoms with van der Waals surface area (Å²) in [5.41, 5.74) is 6.38. The zero-order valence-corrected chi connectivity index (χ0v) is 12.2. The van der Waals surface area contributed by atoms with Crippen LogP contribution in [-0.2, 0) is 6.54 Å². The number of hydrogen-bond donors (Lipinski definition) is 1. The third-order valence-corrected chi connectivity index (χ3v) is 3.39. The maximum absolute atomic E-state index is 5.64. The zero-order chi connectivity index (χ0) is 13.9. The molecule has 3 rings (SSSR count). The highest BCUT2D eigenvalue weighted by atomic mass is 79.9. The Kier molecular flexibility index (Phi) is 3.62. The lowest BCUT2D eigenvalue weighted by atomic mass is 10.1. The molecule has 1 heterocycles. The smallest absolute Gasteiger partial charge is 0.321 e. The fourth-order valence-electron chi connectivity index (χ4n) is 1.86.